The Morgan fingerprint density at radius 3 is 2.15 bits per heavy atom. The number of hydrogen-bond donors (Lipinski definition) is 0. The van der Waals surface area contributed by atoms with Crippen molar-refractivity contribution in [2.45, 2.75) is 13.8 Å². The summed E-state index contributed by atoms with van der Waals surface area (Å²) < 4.78 is 0. The summed E-state index contributed by atoms with van der Waals surface area (Å²) in [4.78, 5) is 0. The van der Waals surface area contributed by atoms with Gasteiger partial charge in [0.15, 0.2) is 0 Å². The molecule has 2 aromatic carbocycles. The normalized spacial score (nSPS) is 8.15. The molecule has 0 spiro atoms. The third kappa shape index (κ3) is 3.55. The minimum Gasteiger partial charge on any atom is -0.183 e. The predicted octanol–water partition coefficient (Wildman–Crippen LogP) is 3.67. The van der Waals surface area contributed by atoms with Gasteiger partial charge >= 0.3 is 0 Å². The maximum Gasteiger partial charge on any atom is 0 e. The molecule has 0 aliphatic heterocycles. The van der Waals surface area contributed by atoms with Crippen molar-refractivity contribution in [3.05, 3.63) is 48.5 Å². The van der Waals surface area contributed by atoms with Gasteiger partial charge in [0.1, 0.15) is 0 Å². The topological polar surface area (TPSA) is 0 Å². The molecule has 66 valence electrons. The Bertz CT molecular complexity index is 276. The van der Waals surface area contributed by atoms with Crippen molar-refractivity contribution in [3.8, 4) is 0 Å². The fourth-order valence-corrected chi connectivity index (χ4v) is 1.07. The second-order valence-corrected chi connectivity index (χ2v) is 2.27. The Morgan fingerprint density at radius 2 is 1.54 bits per heavy atom. The molecule has 0 radical (unpaired) electrons. The molecule has 0 bridgehead atoms. The molecule has 13 heavy (non-hydrogen) atoms. The van der Waals surface area contributed by atoms with Gasteiger partial charge in [0, 0.05) is 31.1 Å². The number of fused-ring (bicyclic) bond motifs is 1. The maximum absolute atomic E-state index is 3.04. The van der Waals surface area contributed by atoms with Gasteiger partial charge in [-0.1, -0.05) is 32.0 Å². The molecule has 0 aliphatic rings. The van der Waals surface area contributed by atoms with Gasteiger partial charge in [-0.3, -0.25) is 0 Å². The van der Waals surface area contributed by atoms with Crippen LogP contribution in [0.1, 0.15) is 13.8 Å². The molecule has 0 saturated heterocycles. The summed E-state index contributed by atoms with van der Waals surface area (Å²) in [5.74, 6) is 0. The minimum absolute atomic E-state index is 0. The van der Waals surface area contributed by atoms with Crippen LogP contribution >= 0.6 is 0 Å². The van der Waals surface area contributed by atoms with Crippen LogP contribution < -0.4 is 0 Å². The van der Waals surface area contributed by atoms with Gasteiger partial charge in [0.2, 0.25) is 0 Å². The largest absolute Gasteiger partial charge is 0.183 e. The van der Waals surface area contributed by atoms with Crippen molar-refractivity contribution in [2.75, 3.05) is 0 Å². The SMILES string of the molecule is CC.[U].[c-]1ccc2ccccc2c1. The summed E-state index contributed by atoms with van der Waals surface area (Å²) in [6.07, 6.45) is 0. The monoisotopic (exact) mass is 395 g/mol. The zero-order valence-corrected chi connectivity index (χ0v) is 12.2. The van der Waals surface area contributed by atoms with Gasteiger partial charge in [-0.2, -0.15) is 24.3 Å². The Labute approximate surface area is 104 Å². The van der Waals surface area contributed by atoms with Crippen LogP contribution in [0.25, 0.3) is 10.8 Å². The van der Waals surface area contributed by atoms with Crippen LogP contribution in [0.15, 0.2) is 42.5 Å². The molecule has 0 atom stereocenters. The van der Waals surface area contributed by atoms with Crippen molar-refractivity contribution in [3.63, 3.8) is 0 Å². The van der Waals surface area contributed by atoms with E-state index in [9.17, 15) is 0 Å². The van der Waals surface area contributed by atoms with Crippen molar-refractivity contribution < 1.29 is 31.1 Å². The van der Waals surface area contributed by atoms with Crippen molar-refractivity contribution in [1.29, 1.82) is 0 Å². The van der Waals surface area contributed by atoms with E-state index in [2.05, 4.69) is 24.3 Å². The summed E-state index contributed by atoms with van der Waals surface area (Å²) in [6, 6.07) is 17.3. The van der Waals surface area contributed by atoms with E-state index in [1.807, 2.05) is 38.1 Å². The van der Waals surface area contributed by atoms with Crippen LogP contribution in [0.5, 0.6) is 0 Å². The van der Waals surface area contributed by atoms with Crippen LogP contribution in [-0.4, -0.2) is 0 Å². The Morgan fingerprint density at radius 1 is 0.923 bits per heavy atom. The van der Waals surface area contributed by atoms with Crippen LogP contribution in [0, 0.1) is 37.2 Å². The fraction of sp³-hybridized carbons (Fsp3) is 0.167. The van der Waals surface area contributed by atoms with Gasteiger partial charge in [-0.05, 0) is 0 Å². The Hall–Kier alpha value is -0.248. The van der Waals surface area contributed by atoms with E-state index in [-0.39, 0.29) is 31.1 Å². The van der Waals surface area contributed by atoms with Crippen molar-refractivity contribution in [1.82, 2.24) is 0 Å². The molecule has 0 fully saturated rings. The third-order valence-electron chi connectivity index (χ3n) is 1.59. The van der Waals surface area contributed by atoms with E-state index >= 15 is 0 Å². The summed E-state index contributed by atoms with van der Waals surface area (Å²) in [6.45, 7) is 4.00. The second-order valence-electron chi connectivity index (χ2n) is 2.27. The van der Waals surface area contributed by atoms with Crippen LogP contribution in [0.3, 0.4) is 0 Å². The summed E-state index contributed by atoms with van der Waals surface area (Å²) in [5.41, 5.74) is 0. The van der Waals surface area contributed by atoms with Crippen molar-refractivity contribution in [2.24, 2.45) is 0 Å². The van der Waals surface area contributed by atoms with Crippen molar-refractivity contribution >= 4 is 10.8 Å². The molecule has 0 heterocycles. The molecule has 0 saturated carbocycles. The van der Waals surface area contributed by atoms with E-state index in [4.69, 9.17) is 0 Å². The van der Waals surface area contributed by atoms with Gasteiger partial charge in [-0.15, -0.1) is 16.8 Å². The van der Waals surface area contributed by atoms with Gasteiger partial charge < -0.3 is 0 Å². The smallest absolute Gasteiger partial charge is 0 e. The molecule has 0 unspecified atom stereocenters. The average Bonchev–Trinajstić information content (AvgIpc) is 2.21. The molecule has 1 heteroatoms. The average molecular weight is 395 g/mol. The Balaban J connectivity index is 0.000000451. The van der Waals surface area contributed by atoms with E-state index in [0.717, 1.165) is 0 Å². The number of hydrogen-bond acceptors (Lipinski definition) is 0. The first-order chi connectivity index (χ1) is 5.97. The third-order valence-corrected chi connectivity index (χ3v) is 1.59. The van der Waals surface area contributed by atoms with E-state index in [1.54, 1.807) is 0 Å². The summed E-state index contributed by atoms with van der Waals surface area (Å²) >= 11 is 0. The first kappa shape index (κ1) is 12.8. The maximum atomic E-state index is 3.04. The molecule has 0 N–H and O–H groups in total. The number of benzene rings is 2. The zero-order chi connectivity index (χ0) is 8.81. The van der Waals surface area contributed by atoms with Gasteiger partial charge in [-0.25, -0.2) is 0 Å². The predicted molar refractivity (Wildman–Crippen MR) is 54.1 cm³/mol. The molecule has 2 aromatic rings. The first-order valence-electron chi connectivity index (χ1n) is 4.32. The zero-order valence-electron chi connectivity index (χ0n) is 8.04. The fourth-order valence-electron chi connectivity index (χ4n) is 1.07. The van der Waals surface area contributed by atoms with Gasteiger partial charge in [0.05, 0.1) is 0 Å². The molecule has 0 nitrogen and oxygen atoms in total. The van der Waals surface area contributed by atoms with E-state index < -0.39 is 0 Å². The van der Waals surface area contributed by atoms with E-state index in [1.165, 1.54) is 10.8 Å². The molecular weight excluding hydrogens is 382 g/mol. The van der Waals surface area contributed by atoms with Gasteiger partial charge in [0.25, 0.3) is 0 Å². The summed E-state index contributed by atoms with van der Waals surface area (Å²) in [5, 5.41) is 2.53. The van der Waals surface area contributed by atoms with Crippen LogP contribution in [0.4, 0.5) is 0 Å². The van der Waals surface area contributed by atoms with E-state index in [0.29, 0.717) is 0 Å². The molecule has 0 aromatic heterocycles. The van der Waals surface area contributed by atoms with Crippen LogP contribution in [-0.2, 0) is 0 Å². The Kier molecular flexibility index (Phi) is 7.05. The molecule has 0 amide bonds. The quantitative estimate of drug-likeness (QED) is 0.598. The minimum atomic E-state index is 0. The summed E-state index contributed by atoms with van der Waals surface area (Å²) in [7, 11) is 0. The molecular formula is C12H13U-. The van der Waals surface area contributed by atoms with Crippen LogP contribution in [0.2, 0.25) is 0 Å². The number of rotatable bonds is 0. The molecule has 2 rings (SSSR count). The standard InChI is InChI=1S/C10H7.C2H6.U/c1-2-6-10-8-4-3-7-9(10)5-1;1-2;/h1-3,5-8H;1-2H3;/q-1;;. The second kappa shape index (κ2) is 7.18. The first-order valence-corrected chi connectivity index (χ1v) is 4.32. The molecule has 0 aliphatic carbocycles.